The minimum atomic E-state index is -0.199. The molecule has 4 heteroatoms. The van der Waals surface area contributed by atoms with Crippen LogP contribution in [-0.2, 0) is 4.74 Å². The van der Waals surface area contributed by atoms with Crippen molar-refractivity contribution in [1.82, 2.24) is 5.32 Å². The van der Waals surface area contributed by atoms with Crippen LogP contribution in [0.1, 0.15) is 38.2 Å². The lowest BCUT2D eigenvalue weighted by atomic mass is 10.0. The third-order valence-electron chi connectivity index (χ3n) is 3.05. The quantitative estimate of drug-likeness (QED) is 0.863. The lowest BCUT2D eigenvalue weighted by Crippen LogP contribution is -2.37. The number of para-hydroxylation sites is 1. The zero-order valence-electron chi connectivity index (χ0n) is 10.9. The molecule has 1 unspecified atom stereocenters. The Kier molecular flexibility index (Phi) is 4.20. The molecule has 1 heterocycles. The minimum Gasteiger partial charge on any atom is -0.358 e. The van der Waals surface area contributed by atoms with E-state index < -0.39 is 0 Å². The van der Waals surface area contributed by atoms with Gasteiger partial charge in [-0.05, 0) is 30.4 Å². The molecule has 0 bridgehead atoms. The number of rotatable bonds is 3. The summed E-state index contributed by atoms with van der Waals surface area (Å²) < 4.78 is 5.37. The second kappa shape index (κ2) is 5.87. The molecule has 0 aromatic heterocycles. The van der Waals surface area contributed by atoms with Gasteiger partial charge in [-0.15, -0.1) is 0 Å². The number of carbonyl (C=O) groups excluding carboxylic acids is 1. The second-order valence-electron chi connectivity index (χ2n) is 4.84. The number of carbonyl (C=O) groups is 1. The highest BCUT2D eigenvalue weighted by molar-refractivity contribution is 5.90. The summed E-state index contributed by atoms with van der Waals surface area (Å²) in [5, 5.41) is 5.71. The summed E-state index contributed by atoms with van der Waals surface area (Å²) in [5.41, 5.74) is 2.00. The van der Waals surface area contributed by atoms with Crippen molar-refractivity contribution in [1.29, 1.82) is 0 Å². The Morgan fingerprint density at radius 2 is 2.17 bits per heavy atom. The monoisotopic (exact) mass is 248 g/mol. The Bertz CT molecular complexity index is 412. The highest BCUT2D eigenvalue weighted by Crippen LogP contribution is 2.23. The fourth-order valence-electron chi connectivity index (χ4n) is 2.11. The highest BCUT2D eigenvalue weighted by atomic mass is 16.5. The molecule has 1 saturated heterocycles. The summed E-state index contributed by atoms with van der Waals surface area (Å²) >= 11 is 0. The number of amides is 2. The summed E-state index contributed by atoms with van der Waals surface area (Å²) in [7, 11) is 0. The first-order valence-corrected chi connectivity index (χ1v) is 6.45. The summed E-state index contributed by atoms with van der Waals surface area (Å²) in [6.45, 7) is 4.95. The van der Waals surface area contributed by atoms with Crippen molar-refractivity contribution in [2.45, 2.75) is 38.8 Å². The van der Waals surface area contributed by atoms with Gasteiger partial charge in [0.15, 0.2) is 0 Å². The smallest absolute Gasteiger partial charge is 0.321 e. The van der Waals surface area contributed by atoms with E-state index in [4.69, 9.17) is 4.74 Å². The van der Waals surface area contributed by atoms with Gasteiger partial charge < -0.3 is 15.4 Å². The normalized spacial score (nSPS) is 18.9. The van der Waals surface area contributed by atoms with Crippen LogP contribution in [0.5, 0.6) is 0 Å². The number of benzene rings is 1. The van der Waals surface area contributed by atoms with Crippen LogP contribution < -0.4 is 10.6 Å². The molecule has 4 nitrogen and oxygen atoms in total. The number of nitrogens with one attached hydrogen (secondary N) is 2. The molecule has 1 atom stereocenters. The summed E-state index contributed by atoms with van der Waals surface area (Å²) in [4.78, 5) is 11.8. The minimum absolute atomic E-state index is 0.142. The van der Waals surface area contributed by atoms with E-state index >= 15 is 0 Å². The zero-order chi connectivity index (χ0) is 13.0. The van der Waals surface area contributed by atoms with Gasteiger partial charge >= 0.3 is 6.03 Å². The van der Waals surface area contributed by atoms with E-state index in [2.05, 4.69) is 24.5 Å². The zero-order valence-corrected chi connectivity index (χ0v) is 10.9. The molecule has 0 aliphatic carbocycles. The van der Waals surface area contributed by atoms with E-state index in [0.29, 0.717) is 5.92 Å². The summed E-state index contributed by atoms with van der Waals surface area (Å²) in [6, 6.07) is 7.66. The van der Waals surface area contributed by atoms with E-state index in [0.717, 1.165) is 30.7 Å². The molecule has 18 heavy (non-hydrogen) atoms. The molecule has 2 amide bonds. The molecule has 0 saturated carbocycles. The van der Waals surface area contributed by atoms with Gasteiger partial charge in [-0.1, -0.05) is 32.0 Å². The molecule has 2 rings (SSSR count). The first-order valence-electron chi connectivity index (χ1n) is 6.45. The Hall–Kier alpha value is -1.55. The van der Waals surface area contributed by atoms with Crippen LogP contribution in [0, 0.1) is 0 Å². The molecule has 0 radical (unpaired) electrons. The number of hydrogen-bond acceptors (Lipinski definition) is 2. The fraction of sp³-hybridized carbons (Fsp3) is 0.500. The van der Waals surface area contributed by atoms with Crippen LogP contribution in [0.3, 0.4) is 0 Å². The molecule has 1 aromatic rings. The Balaban J connectivity index is 1.97. The number of hydrogen-bond donors (Lipinski definition) is 2. The van der Waals surface area contributed by atoms with Crippen molar-refractivity contribution in [3.63, 3.8) is 0 Å². The van der Waals surface area contributed by atoms with Gasteiger partial charge in [-0.2, -0.15) is 0 Å². The molecular formula is C14H20N2O2. The first-order chi connectivity index (χ1) is 8.66. The van der Waals surface area contributed by atoms with Gasteiger partial charge in [0.1, 0.15) is 6.23 Å². The maximum Gasteiger partial charge on any atom is 0.321 e. The predicted molar refractivity (Wildman–Crippen MR) is 71.7 cm³/mol. The van der Waals surface area contributed by atoms with Gasteiger partial charge in [0.05, 0.1) is 0 Å². The molecule has 0 spiro atoms. The van der Waals surface area contributed by atoms with Crippen molar-refractivity contribution in [3.8, 4) is 0 Å². The van der Waals surface area contributed by atoms with E-state index in [9.17, 15) is 4.79 Å². The SMILES string of the molecule is CC(C)c1ccccc1NC(=O)NC1CCCO1. The molecule has 1 aliphatic heterocycles. The predicted octanol–water partition coefficient (Wildman–Crippen LogP) is 3.07. The van der Waals surface area contributed by atoms with E-state index in [1.165, 1.54) is 0 Å². The number of urea groups is 1. The van der Waals surface area contributed by atoms with Gasteiger partial charge in [-0.25, -0.2) is 4.79 Å². The summed E-state index contributed by atoms with van der Waals surface area (Å²) in [5.74, 6) is 0.379. The number of anilines is 1. The van der Waals surface area contributed by atoms with Crippen molar-refractivity contribution in [2.24, 2.45) is 0 Å². The van der Waals surface area contributed by atoms with E-state index in [1.807, 2.05) is 24.3 Å². The molecule has 1 fully saturated rings. The van der Waals surface area contributed by atoms with Crippen molar-refractivity contribution in [2.75, 3.05) is 11.9 Å². The van der Waals surface area contributed by atoms with Gasteiger partial charge in [0.25, 0.3) is 0 Å². The topological polar surface area (TPSA) is 50.4 Å². The van der Waals surface area contributed by atoms with Crippen LogP contribution in [0.2, 0.25) is 0 Å². The Morgan fingerprint density at radius 3 is 2.83 bits per heavy atom. The largest absolute Gasteiger partial charge is 0.358 e. The van der Waals surface area contributed by atoms with Crippen molar-refractivity contribution < 1.29 is 9.53 Å². The summed E-state index contributed by atoms with van der Waals surface area (Å²) in [6.07, 6.45) is 1.75. The standard InChI is InChI=1S/C14H20N2O2/c1-10(2)11-6-3-4-7-12(11)15-14(17)16-13-8-5-9-18-13/h3-4,6-7,10,13H,5,8-9H2,1-2H3,(H2,15,16,17). The second-order valence-corrected chi connectivity index (χ2v) is 4.84. The molecule has 1 aliphatic rings. The van der Waals surface area contributed by atoms with Gasteiger partial charge in [0, 0.05) is 12.3 Å². The molecule has 98 valence electrons. The fourth-order valence-corrected chi connectivity index (χ4v) is 2.11. The average Bonchev–Trinajstić information content (AvgIpc) is 2.82. The molecular weight excluding hydrogens is 228 g/mol. The van der Waals surface area contributed by atoms with Crippen LogP contribution in [0.4, 0.5) is 10.5 Å². The van der Waals surface area contributed by atoms with Crippen LogP contribution in [0.15, 0.2) is 24.3 Å². The van der Waals surface area contributed by atoms with E-state index in [-0.39, 0.29) is 12.3 Å². The highest BCUT2D eigenvalue weighted by Gasteiger charge is 2.18. The molecule has 2 N–H and O–H groups in total. The Labute approximate surface area is 108 Å². The van der Waals surface area contributed by atoms with Crippen LogP contribution >= 0.6 is 0 Å². The lowest BCUT2D eigenvalue weighted by Gasteiger charge is -2.16. The maximum atomic E-state index is 11.8. The van der Waals surface area contributed by atoms with Crippen LogP contribution in [0.25, 0.3) is 0 Å². The van der Waals surface area contributed by atoms with E-state index in [1.54, 1.807) is 0 Å². The van der Waals surface area contributed by atoms with Crippen molar-refractivity contribution >= 4 is 11.7 Å². The first kappa shape index (κ1) is 12.9. The third-order valence-corrected chi connectivity index (χ3v) is 3.05. The van der Waals surface area contributed by atoms with Crippen LogP contribution in [-0.4, -0.2) is 18.9 Å². The lowest BCUT2D eigenvalue weighted by molar-refractivity contribution is 0.0928. The third kappa shape index (κ3) is 3.23. The van der Waals surface area contributed by atoms with Gasteiger partial charge in [-0.3, -0.25) is 0 Å². The average molecular weight is 248 g/mol. The van der Waals surface area contributed by atoms with Gasteiger partial charge in [0.2, 0.25) is 0 Å². The maximum absolute atomic E-state index is 11.8. The Morgan fingerprint density at radius 1 is 1.39 bits per heavy atom. The van der Waals surface area contributed by atoms with Crippen molar-refractivity contribution in [3.05, 3.63) is 29.8 Å². The number of ether oxygens (including phenoxy) is 1. The molecule has 1 aromatic carbocycles.